The summed E-state index contributed by atoms with van der Waals surface area (Å²) in [6.07, 6.45) is 1.43. The van der Waals surface area contributed by atoms with Crippen molar-refractivity contribution in [1.29, 1.82) is 0 Å². The SMILES string of the molecule is COC(=O)c1ccc(CN2C(=O)N/C(=C\c3cc(Br)c(OCC(=O)Nc4ccccc4F)c(OC)c3)C2=O)o1. The van der Waals surface area contributed by atoms with Gasteiger partial charge in [0.25, 0.3) is 11.8 Å². The Labute approximate surface area is 229 Å². The van der Waals surface area contributed by atoms with Gasteiger partial charge in [0.2, 0.25) is 5.76 Å². The minimum atomic E-state index is -0.684. The highest BCUT2D eigenvalue weighted by atomic mass is 79.9. The van der Waals surface area contributed by atoms with Crippen LogP contribution in [-0.4, -0.2) is 49.5 Å². The summed E-state index contributed by atoms with van der Waals surface area (Å²) < 4.78 is 35.0. The predicted octanol–water partition coefficient (Wildman–Crippen LogP) is 4.09. The number of halogens is 2. The van der Waals surface area contributed by atoms with Crippen LogP contribution in [0.2, 0.25) is 0 Å². The molecule has 1 fully saturated rings. The first kappa shape index (κ1) is 27.4. The maximum Gasteiger partial charge on any atom is 0.373 e. The molecule has 4 rings (SSSR count). The van der Waals surface area contributed by atoms with Crippen LogP contribution >= 0.6 is 15.9 Å². The zero-order chi connectivity index (χ0) is 28.1. The number of carbonyl (C=O) groups excluding carboxylic acids is 4. The normalized spacial score (nSPS) is 13.8. The zero-order valence-corrected chi connectivity index (χ0v) is 22.2. The molecule has 0 unspecified atom stereocenters. The summed E-state index contributed by atoms with van der Waals surface area (Å²) >= 11 is 3.36. The van der Waals surface area contributed by atoms with Crippen LogP contribution in [0.4, 0.5) is 14.9 Å². The van der Waals surface area contributed by atoms with Crippen LogP contribution in [0.3, 0.4) is 0 Å². The second-order valence-electron chi connectivity index (χ2n) is 7.99. The van der Waals surface area contributed by atoms with Crippen molar-refractivity contribution in [3.8, 4) is 11.5 Å². The molecule has 0 saturated carbocycles. The number of urea groups is 1. The fourth-order valence-corrected chi connectivity index (χ4v) is 4.13. The summed E-state index contributed by atoms with van der Waals surface area (Å²) in [5.41, 5.74) is 0.484. The van der Waals surface area contributed by atoms with Gasteiger partial charge in [0, 0.05) is 0 Å². The molecule has 202 valence electrons. The lowest BCUT2D eigenvalue weighted by atomic mass is 10.1. The van der Waals surface area contributed by atoms with Crippen molar-refractivity contribution >= 4 is 51.5 Å². The number of anilines is 1. The number of nitrogens with one attached hydrogen (secondary N) is 2. The number of benzene rings is 2. The van der Waals surface area contributed by atoms with Crippen molar-refractivity contribution in [3.63, 3.8) is 0 Å². The molecule has 0 radical (unpaired) electrons. The van der Waals surface area contributed by atoms with Gasteiger partial charge in [0.15, 0.2) is 18.1 Å². The van der Waals surface area contributed by atoms with Gasteiger partial charge in [-0.15, -0.1) is 0 Å². The summed E-state index contributed by atoms with van der Waals surface area (Å²) in [4.78, 5) is 50.1. The molecule has 1 aliphatic rings. The van der Waals surface area contributed by atoms with E-state index in [2.05, 4.69) is 31.3 Å². The molecule has 0 atom stereocenters. The van der Waals surface area contributed by atoms with Gasteiger partial charge in [-0.05, 0) is 64.0 Å². The molecular weight excluding hydrogens is 581 g/mol. The van der Waals surface area contributed by atoms with Crippen molar-refractivity contribution in [3.05, 3.63) is 81.6 Å². The summed E-state index contributed by atoms with van der Waals surface area (Å²) in [6.45, 7) is -0.633. The molecule has 2 aromatic carbocycles. The highest BCUT2D eigenvalue weighted by Crippen LogP contribution is 2.37. The molecule has 1 saturated heterocycles. The molecular formula is C26H21BrFN3O8. The second kappa shape index (κ2) is 11.8. The molecule has 0 aliphatic carbocycles. The summed E-state index contributed by atoms with van der Waals surface area (Å²) in [7, 11) is 2.59. The van der Waals surface area contributed by atoms with Crippen LogP contribution < -0.4 is 20.1 Å². The number of para-hydroxylation sites is 1. The highest BCUT2D eigenvalue weighted by molar-refractivity contribution is 9.10. The number of ether oxygens (including phenoxy) is 3. The minimum absolute atomic E-state index is 0.00775. The number of amides is 4. The lowest BCUT2D eigenvalue weighted by Crippen LogP contribution is -2.30. The van der Waals surface area contributed by atoms with Crippen LogP contribution in [0.1, 0.15) is 21.9 Å². The lowest BCUT2D eigenvalue weighted by Gasteiger charge is -2.14. The Morgan fingerprint density at radius 3 is 2.64 bits per heavy atom. The first-order valence-corrected chi connectivity index (χ1v) is 12.1. The topological polar surface area (TPSA) is 136 Å². The fraction of sp³-hybridized carbons (Fsp3) is 0.154. The number of esters is 1. The van der Waals surface area contributed by atoms with E-state index in [1.807, 2.05) is 0 Å². The highest BCUT2D eigenvalue weighted by Gasteiger charge is 2.34. The van der Waals surface area contributed by atoms with Crippen molar-refractivity contribution in [2.45, 2.75) is 6.54 Å². The van der Waals surface area contributed by atoms with Crippen LogP contribution in [0.15, 0.2) is 63.1 Å². The lowest BCUT2D eigenvalue weighted by molar-refractivity contribution is -0.123. The predicted molar refractivity (Wildman–Crippen MR) is 138 cm³/mol. The van der Waals surface area contributed by atoms with E-state index in [-0.39, 0.29) is 40.9 Å². The van der Waals surface area contributed by atoms with Gasteiger partial charge in [-0.2, -0.15) is 0 Å². The standard InChI is InChI=1S/C26H21BrFN3O8/c1-36-21-11-14(9-16(27)23(21)38-13-22(32)29-18-6-4-3-5-17(18)28)10-19-24(33)31(26(35)30-19)12-15-7-8-20(39-15)25(34)37-2/h3-11H,12-13H2,1-2H3,(H,29,32)(H,30,35)/b19-10-. The second-order valence-corrected chi connectivity index (χ2v) is 8.84. The number of hydrogen-bond donors (Lipinski definition) is 2. The van der Waals surface area contributed by atoms with Crippen molar-refractivity contribution in [2.75, 3.05) is 26.1 Å². The average molecular weight is 602 g/mol. The Kier molecular flexibility index (Phi) is 8.30. The van der Waals surface area contributed by atoms with E-state index in [1.165, 1.54) is 50.6 Å². The molecule has 39 heavy (non-hydrogen) atoms. The molecule has 3 aromatic rings. The molecule has 2 N–H and O–H groups in total. The summed E-state index contributed by atoms with van der Waals surface area (Å²) in [5, 5.41) is 4.92. The summed E-state index contributed by atoms with van der Waals surface area (Å²) in [6, 6.07) is 11.0. The molecule has 11 nitrogen and oxygen atoms in total. The molecule has 4 amide bonds. The van der Waals surface area contributed by atoms with Gasteiger partial charge in [-0.3, -0.25) is 14.5 Å². The van der Waals surface area contributed by atoms with E-state index in [4.69, 9.17) is 13.9 Å². The van der Waals surface area contributed by atoms with Gasteiger partial charge in [-0.1, -0.05) is 12.1 Å². The number of methoxy groups -OCH3 is 2. The first-order valence-electron chi connectivity index (χ1n) is 11.3. The van der Waals surface area contributed by atoms with E-state index in [9.17, 15) is 23.6 Å². The molecule has 2 heterocycles. The quantitative estimate of drug-likeness (QED) is 0.213. The first-order chi connectivity index (χ1) is 18.7. The molecule has 0 spiro atoms. The Morgan fingerprint density at radius 1 is 1.15 bits per heavy atom. The number of nitrogens with zero attached hydrogens (tertiary/aromatic N) is 1. The van der Waals surface area contributed by atoms with Gasteiger partial charge < -0.3 is 29.3 Å². The van der Waals surface area contributed by atoms with Crippen LogP contribution in [-0.2, 0) is 20.9 Å². The van der Waals surface area contributed by atoms with E-state index in [0.29, 0.717) is 10.0 Å². The molecule has 0 bridgehead atoms. The third-order valence-corrected chi connectivity index (χ3v) is 5.97. The van der Waals surface area contributed by atoms with E-state index >= 15 is 0 Å². The van der Waals surface area contributed by atoms with Crippen molar-refractivity contribution < 1.29 is 42.2 Å². The number of imide groups is 1. The van der Waals surface area contributed by atoms with E-state index in [0.717, 1.165) is 4.90 Å². The Morgan fingerprint density at radius 2 is 1.92 bits per heavy atom. The van der Waals surface area contributed by atoms with Crippen LogP contribution in [0.5, 0.6) is 11.5 Å². The minimum Gasteiger partial charge on any atom is -0.493 e. The van der Waals surface area contributed by atoms with Crippen LogP contribution in [0, 0.1) is 5.82 Å². The van der Waals surface area contributed by atoms with Gasteiger partial charge in [0.05, 0.1) is 30.9 Å². The largest absolute Gasteiger partial charge is 0.493 e. The maximum atomic E-state index is 13.8. The number of furan rings is 1. The number of hydrogen-bond acceptors (Lipinski definition) is 8. The maximum absolute atomic E-state index is 13.8. The molecule has 1 aromatic heterocycles. The monoisotopic (exact) mass is 601 g/mol. The van der Waals surface area contributed by atoms with Crippen molar-refractivity contribution in [2.24, 2.45) is 0 Å². The molecule has 1 aliphatic heterocycles. The van der Waals surface area contributed by atoms with Gasteiger partial charge >= 0.3 is 12.0 Å². The summed E-state index contributed by atoms with van der Waals surface area (Å²) in [5.74, 6) is -1.88. The Hall–Kier alpha value is -4.65. The zero-order valence-electron chi connectivity index (χ0n) is 20.6. The van der Waals surface area contributed by atoms with E-state index in [1.54, 1.807) is 18.2 Å². The Balaban J connectivity index is 1.46. The third kappa shape index (κ3) is 6.26. The fourth-order valence-electron chi connectivity index (χ4n) is 3.56. The van der Waals surface area contributed by atoms with Crippen molar-refractivity contribution in [1.82, 2.24) is 10.2 Å². The Bertz CT molecular complexity index is 1490. The number of carbonyl (C=O) groups is 4. The van der Waals surface area contributed by atoms with Gasteiger partial charge in [0.1, 0.15) is 17.3 Å². The smallest absolute Gasteiger partial charge is 0.373 e. The van der Waals surface area contributed by atoms with E-state index < -0.39 is 36.2 Å². The third-order valence-electron chi connectivity index (χ3n) is 5.38. The van der Waals surface area contributed by atoms with Crippen LogP contribution in [0.25, 0.3) is 6.08 Å². The number of rotatable bonds is 9. The van der Waals surface area contributed by atoms with Gasteiger partial charge in [-0.25, -0.2) is 14.0 Å². The average Bonchev–Trinajstić information content (AvgIpc) is 3.49. The molecule has 13 heteroatoms.